The molecule has 0 aliphatic carbocycles. The smallest absolute Gasteiger partial charge is 0.237 e. The largest absolute Gasteiger partial charge is 0.378 e. The second-order valence-electron chi connectivity index (χ2n) is 7.67. The molecule has 0 spiro atoms. The predicted molar refractivity (Wildman–Crippen MR) is 123 cm³/mol. The third kappa shape index (κ3) is 4.26. The lowest BCUT2D eigenvalue weighted by molar-refractivity contribution is 0.122. The zero-order chi connectivity index (χ0) is 21.9. The summed E-state index contributed by atoms with van der Waals surface area (Å²) in [5.74, 6) is 2.49. The van der Waals surface area contributed by atoms with Gasteiger partial charge in [0.2, 0.25) is 17.7 Å². The lowest BCUT2D eigenvalue weighted by Gasteiger charge is -2.28. The van der Waals surface area contributed by atoms with Gasteiger partial charge in [-0.15, -0.1) is 10.2 Å². The van der Waals surface area contributed by atoms with E-state index in [1.165, 1.54) is 11.8 Å². The highest BCUT2D eigenvalue weighted by Gasteiger charge is 2.23. The van der Waals surface area contributed by atoms with Crippen molar-refractivity contribution >= 4 is 17.7 Å². The van der Waals surface area contributed by atoms with Crippen LogP contribution in [-0.2, 0) is 10.5 Å². The van der Waals surface area contributed by atoms with E-state index in [1.807, 2.05) is 43.3 Å². The first-order chi connectivity index (χ1) is 15.7. The topological polar surface area (TPSA) is 82.1 Å². The van der Waals surface area contributed by atoms with Crippen LogP contribution in [0.3, 0.4) is 0 Å². The Labute approximate surface area is 190 Å². The predicted octanol–water partition coefficient (Wildman–Crippen LogP) is 4.06. The highest BCUT2D eigenvalue weighted by atomic mass is 32.2. The zero-order valence-corrected chi connectivity index (χ0v) is 18.9. The molecule has 9 heteroatoms. The molecule has 4 aromatic rings. The van der Waals surface area contributed by atoms with Crippen molar-refractivity contribution in [1.82, 2.24) is 24.9 Å². The maximum atomic E-state index is 5.52. The van der Waals surface area contributed by atoms with Gasteiger partial charge in [-0.2, -0.15) is 4.98 Å². The van der Waals surface area contributed by atoms with Crippen LogP contribution in [0.4, 0.5) is 5.95 Å². The molecule has 8 nitrogen and oxygen atoms in total. The third-order valence-corrected chi connectivity index (χ3v) is 6.25. The Morgan fingerprint density at radius 3 is 2.66 bits per heavy atom. The van der Waals surface area contributed by atoms with E-state index in [0.29, 0.717) is 30.7 Å². The lowest BCUT2D eigenvalue weighted by atomic mass is 10.1. The van der Waals surface area contributed by atoms with Crippen LogP contribution in [0.15, 0.2) is 58.2 Å². The van der Waals surface area contributed by atoms with Crippen molar-refractivity contribution < 1.29 is 9.26 Å². The Hall–Kier alpha value is -3.17. The number of morpholine rings is 1. The second-order valence-corrected chi connectivity index (χ2v) is 8.62. The van der Waals surface area contributed by atoms with Gasteiger partial charge in [0, 0.05) is 18.7 Å². The van der Waals surface area contributed by atoms with Crippen molar-refractivity contribution in [3.05, 3.63) is 65.5 Å². The molecular formula is C23H24N6O2S. The number of hydrogen-bond acceptors (Lipinski definition) is 8. The molecular weight excluding hydrogens is 424 g/mol. The summed E-state index contributed by atoms with van der Waals surface area (Å²) in [7, 11) is 0. The van der Waals surface area contributed by atoms with E-state index < -0.39 is 0 Å². The van der Waals surface area contributed by atoms with Crippen molar-refractivity contribution in [1.29, 1.82) is 0 Å². The normalized spacial score (nSPS) is 14.1. The first kappa shape index (κ1) is 20.7. The third-order valence-electron chi connectivity index (χ3n) is 5.34. The molecule has 5 rings (SSSR count). The quantitative estimate of drug-likeness (QED) is 0.409. The van der Waals surface area contributed by atoms with Gasteiger partial charge in [0.05, 0.1) is 24.7 Å². The van der Waals surface area contributed by atoms with E-state index in [2.05, 4.69) is 48.9 Å². The number of ether oxygens (including phenoxy) is 1. The molecule has 1 fully saturated rings. The Morgan fingerprint density at radius 2 is 1.84 bits per heavy atom. The van der Waals surface area contributed by atoms with Gasteiger partial charge in [0.1, 0.15) is 0 Å². The summed E-state index contributed by atoms with van der Waals surface area (Å²) in [6.07, 6.45) is 0. The number of benzene rings is 2. The van der Waals surface area contributed by atoms with Gasteiger partial charge in [-0.25, -0.2) is 0 Å². The maximum Gasteiger partial charge on any atom is 0.237 e. The summed E-state index contributed by atoms with van der Waals surface area (Å²) >= 11 is 1.54. The molecule has 0 N–H and O–H groups in total. The van der Waals surface area contributed by atoms with Crippen molar-refractivity contribution in [3.8, 4) is 17.1 Å². The van der Waals surface area contributed by atoms with Gasteiger partial charge >= 0.3 is 0 Å². The molecule has 0 bridgehead atoms. The van der Waals surface area contributed by atoms with Gasteiger partial charge < -0.3 is 14.2 Å². The fraction of sp³-hybridized carbons (Fsp3) is 0.304. The fourth-order valence-corrected chi connectivity index (χ4v) is 4.47. The number of rotatable bonds is 6. The van der Waals surface area contributed by atoms with Crippen LogP contribution < -0.4 is 4.90 Å². The van der Waals surface area contributed by atoms with Crippen LogP contribution >= 0.6 is 11.8 Å². The summed E-state index contributed by atoms with van der Waals surface area (Å²) in [6, 6.07) is 16.3. The van der Waals surface area contributed by atoms with E-state index in [9.17, 15) is 0 Å². The molecule has 2 aromatic carbocycles. The number of aryl methyl sites for hydroxylation is 2. The number of para-hydroxylation sites is 1. The molecule has 1 saturated heterocycles. The van der Waals surface area contributed by atoms with Crippen LogP contribution in [0, 0.1) is 13.8 Å². The standard InChI is InChI=1S/C23H24N6O2S/c1-16-6-5-8-18(14-16)21-24-20(31-27-21)15-32-23-26-25-22(28-10-12-30-13-11-28)29(23)19-9-4-3-7-17(19)2/h3-9,14H,10-13,15H2,1-2H3. The number of anilines is 1. The van der Waals surface area contributed by atoms with Gasteiger partial charge in [0.25, 0.3) is 0 Å². The highest BCUT2D eigenvalue weighted by molar-refractivity contribution is 7.98. The zero-order valence-electron chi connectivity index (χ0n) is 18.1. The van der Waals surface area contributed by atoms with Gasteiger partial charge in [-0.3, -0.25) is 4.57 Å². The van der Waals surface area contributed by atoms with Crippen LogP contribution in [0.5, 0.6) is 0 Å². The average molecular weight is 449 g/mol. The average Bonchev–Trinajstić information content (AvgIpc) is 3.46. The summed E-state index contributed by atoms with van der Waals surface area (Å²) in [5.41, 5.74) is 4.32. The van der Waals surface area contributed by atoms with E-state index in [4.69, 9.17) is 9.26 Å². The molecule has 1 aliphatic rings. The summed E-state index contributed by atoms with van der Waals surface area (Å²) in [4.78, 5) is 6.79. The molecule has 0 unspecified atom stereocenters. The van der Waals surface area contributed by atoms with Crippen molar-refractivity contribution in [3.63, 3.8) is 0 Å². The minimum Gasteiger partial charge on any atom is -0.378 e. The summed E-state index contributed by atoms with van der Waals surface area (Å²) in [6.45, 7) is 7.10. The fourth-order valence-electron chi connectivity index (χ4n) is 3.69. The molecule has 3 heterocycles. The highest BCUT2D eigenvalue weighted by Crippen LogP contribution is 2.30. The molecule has 32 heavy (non-hydrogen) atoms. The number of hydrogen-bond donors (Lipinski definition) is 0. The van der Waals surface area contributed by atoms with Crippen LogP contribution in [-0.4, -0.2) is 51.2 Å². The Bertz CT molecular complexity index is 1210. The van der Waals surface area contributed by atoms with Crippen molar-refractivity contribution in [2.75, 3.05) is 31.2 Å². The monoisotopic (exact) mass is 448 g/mol. The van der Waals surface area contributed by atoms with Crippen molar-refractivity contribution in [2.45, 2.75) is 24.8 Å². The van der Waals surface area contributed by atoms with E-state index in [1.54, 1.807) is 0 Å². The molecule has 1 aliphatic heterocycles. The summed E-state index contributed by atoms with van der Waals surface area (Å²) in [5, 5.41) is 14.0. The van der Waals surface area contributed by atoms with Gasteiger partial charge in [-0.05, 0) is 31.5 Å². The SMILES string of the molecule is Cc1cccc(-c2noc(CSc3nnc(N4CCOCC4)n3-c3ccccc3C)n2)c1. The molecule has 0 amide bonds. The minimum atomic E-state index is 0.506. The summed E-state index contributed by atoms with van der Waals surface area (Å²) < 4.78 is 13.1. The Morgan fingerprint density at radius 1 is 1.00 bits per heavy atom. The lowest BCUT2D eigenvalue weighted by Crippen LogP contribution is -2.38. The van der Waals surface area contributed by atoms with E-state index >= 15 is 0 Å². The molecule has 2 aromatic heterocycles. The number of aromatic nitrogens is 5. The molecule has 0 atom stereocenters. The number of nitrogens with zero attached hydrogens (tertiary/aromatic N) is 6. The molecule has 0 saturated carbocycles. The second kappa shape index (κ2) is 9.13. The van der Waals surface area contributed by atoms with Crippen LogP contribution in [0.25, 0.3) is 17.1 Å². The van der Waals surface area contributed by atoms with Crippen LogP contribution in [0.1, 0.15) is 17.0 Å². The van der Waals surface area contributed by atoms with Crippen LogP contribution in [0.2, 0.25) is 0 Å². The Balaban J connectivity index is 1.42. The molecule has 0 radical (unpaired) electrons. The maximum absolute atomic E-state index is 5.52. The minimum absolute atomic E-state index is 0.506. The number of thioether (sulfide) groups is 1. The van der Waals surface area contributed by atoms with Gasteiger partial charge in [0.15, 0.2) is 5.16 Å². The first-order valence-corrected chi connectivity index (χ1v) is 11.5. The first-order valence-electron chi connectivity index (χ1n) is 10.6. The molecule has 164 valence electrons. The van der Waals surface area contributed by atoms with Gasteiger partial charge in [-0.1, -0.05) is 58.9 Å². The van der Waals surface area contributed by atoms with Crippen molar-refractivity contribution in [2.24, 2.45) is 0 Å². The van der Waals surface area contributed by atoms with E-state index in [-0.39, 0.29) is 0 Å². The Kier molecular flexibility index (Phi) is 5.91. The van der Waals surface area contributed by atoms with E-state index in [0.717, 1.165) is 46.6 Å².